The van der Waals surface area contributed by atoms with Gasteiger partial charge in [0, 0.05) is 6.54 Å². The van der Waals surface area contributed by atoms with Crippen LogP contribution in [0.25, 0.3) is 0 Å². The van der Waals surface area contributed by atoms with Crippen LogP contribution in [0.4, 0.5) is 0 Å². The highest BCUT2D eigenvalue weighted by atomic mass is 35.5. The van der Waals surface area contributed by atoms with E-state index in [1.54, 1.807) is 0 Å². The second kappa shape index (κ2) is 4.54. The van der Waals surface area contributed by atoms with Crippen LogP contribution in [0.2, 0.25) is 0 Å². The van der Waals surface area contributed by atoms with Crippen LogP contribution in [0.15, 0.2) is 0 Å². The average Bonchev–Trinajstić information content (AvgIpc) is 1.88. The molecule has 0 aliphatic carbocycles. The van der Waals surface area contributed by atoms with Crippen LogP contribution < -0.4 is 11.1 Å². The van der Waals surface area contributed by atoms with Crippen molar-refractivity contribution >= 4 is 18.3 Å². The topological polar surface area (TPSA) is 64.3 Å². The summed E-state index contributed by atoms with van der Waals surface area (Å²) in [6.07, 6.45) is -0.0914. The molecule has 11 heavy (non-hydrogen) atoms. The van der Waals surface area contributed by atoms with Gasteiger partial charge in [0.2, 0.25) is 5.91 Å². The summed E-state index contributed by atoms with van der Waals surface area (Å²) in [5, 5.41) is 2.97. The molecule has 0 spiro atoms. The lowest BCUT2D eigenvalue weighted by atomic mass is 10.1. The van der Waals surface area contributed by atoms with Gasteiger partial charge in [-0.3, -0.25) is 4.79 Å². The van der Waals surface area contributed by atoms with Gasteiger partial charge < -0.3 is 15.8 Å². The van der Waals surface area contributed by atoms with E-state index in [9.17, 15) is 4.79 Å². The number of ether oxygens (including phenoxy) is 1. The minimum atomic E-state index is -0.341. The van der Waals surface area contributed by atoms with Gasteiger partial charge in [0.1, 0.15) is 6.04 Å². The normalized spacial score (nSPS) is 30.6. The maximum Gasteiger partial charge on any atom is 0.237 e. The summed E-state index contributed by atoms with van der Waals surface area (Å²) in [5.74, 6) is -0.341. The summed E-state index contributed by atoms with van der Waals surface area (Å²) in [4.78, 5) is 10.6. The molecule has 1 aliphatic rings. The maximum atomic E-state index is 10.6. The number of rotatable bonds is 1. The number of amides is 1. The Morgan fingerprint density at radius 2 is 2.36 bits per heavy atom. The van der Waals surface area contributed by atoms with E-state index in [4.69, 9.17) is 10.5 Å². The summed E-state index contributed by atoms with van der Waals surface area (Å²) in [6.45, 7) is 3.20. The Morgan fingerprint density at radius 3 is 2.73 bits per heavy atom. The van der Waals surface area contributed by atoms with Crippen LogP contribution in [0.3, 0.4) is 0 Å². The standard InChI is InChI=1S/C6H12N2O2.ClH/c1-4-5(6(7)9)8-2-3-10-4;/h4-5,8H,2-3H2,1H3,(H2,7,9);1H. The van der Waals surface area contributed by atoms with Gasteiger partial charge in [-0.05, 0) is 6.92 Å². The third-order valence-electron chi connectivity index (χ3n) is 1.62. The summed E-state index contributed by atoms with van der Waals surface area (Å²) in [7, 11) is 0. The third kappa shape index (κ3) is 2.65. The van der Waals surface area contributed by atoms with E-state index < -0.39 is 0 Å². The quantitative estimate of drug-likeness (QED) is 0.559. The molecule has 3 N–H and O–H groups in total. The smallest absolute Gasteiger partial charge is 0.237 e. The Morgan fingerprint density at radius 1 is 1.73 bits per heavy atom. The molecule has 0 aromatic carbocycles. The van der Waals surface area contributed by atoms with Crippen molar-refractivity contribution in [3.63, 3.8) is 0 Å². The zero-order valence-electron chi connectivity index (χ0n) is 6.37. The number of primary amides is 1. The first-order chi connectivity index (χ1) is 4.72. The van der Waals surface area contributed by atoms with Gasteiger partial charge in [-0.15, -0.1) is 12.4 Å². The largest absolute Gasteiger partial charge is 0.375 e. The lowest BCUT2D eigenvalue weighted by Crippen LogP contribution is -2.54. The van der Waals surface area contributed by atoms with Crippen molar-refractivity contribution in [3.8, 4) is 0 Å². The van der Waals surface area contributed by atoms with Crippen molar-refractivity contribution in [3.05, 3.63) is 0 Å². The lowest BCUT2D eigenvalue weighted by molar-refractivity contribution is -0.125. The molecule has 1 saturated heterocycles. The van der Waals surface area contributed by atoms with Crippen LogP contribution in [0.5, 0.6) is 0 Å². The van der Waals surface area contributed by atoms with Crippen molar-refractivity contribution < 1.29 is 9.53 Å². The second-order valence-corrected chi connectivity index (χ2v) is 2.41. The zero-order valence-corrected chi connectivity index (χ0v) is 7.19. The monoisotopic (exact) mass is 180 g/mol. The number of hydrogen-bond acceptors (Lipinski definition) is 3. The Labute approximate surface area is 71.9 Å². The first kappa shape index (κ1) is 10.7. The highest BCUT2D eigenvalue weighted by Crippen LogP contribution is 2.02. The SMILES string of the molecule is CC1OCCNC1C(N)=O.Cl. The number of nitrogens with two attached hydrogens (primary N) is 1. The third-order valence-corrected chi connectivity index (χ3v) is 1.62. The van der Waals surface area contributed by atoms with E-state index in [0.29, 0.717) is 13.2 Å². The summed E-state index contributed by atoms with van der Waals surface area (Å²) >= 11 is 0. The number of halogens is 1. The number of carbonyl (C=O) groups is 1. The molecule has 5 heteroatoms. The van der Waals surface area contributed by atoms with E-state index in [2.05, 4.69) is 5.32 Å². The molecule has 0 aromatic heterocycles. The second-order valence-electron chi connectivity index (χ2n) is 2.41. The number of nitrogens with one attached hydrogen (secondary N) is 1. The molecule has 66 valence electrons. The van der Waals surface area contributed by atoms with Crippen molar-refractivity contribution in [2.75, 3.05) is 13.2 Å². The van der Waals surface area contributed by atoms with E-state index >= 15 is 0 Å². The molecule has 0 radical (unpaired) electrons. The van der Waals surface area contributed by atoms with Crippen molar-refractivity contribution in [1.29, 1.82) is 0 Å². The minimum Gasteiger partial charge on any atom is -0.375 e. The van der Waals surface area contributed by atoms with Crippen LogP contribution in [-0.4, -0.2) is 31.2 Å². The van der Waals surface area contributed by atoms with Crippen molar-refractivity contribution in [1.82, 2.24) is 5.32 Å². The van der Waals surface area contributed by atoms with E-state index in [-0.39, 0.29) is 30.5 Å². The Hall–Kier alpha value is -0.320. The Kier molecular flexibility index (Phi) is 4.40. The highest BCUT2D eigenvalue weighted by molar-refractivity contribution is 5.85. The molecule has 1 rings (SSSR count). The molecule has 2 unspecified atom stereocenters. The zero-order chi connectivity index (χ0) is 7.56. The Balaban J connectivity index is 0.000001000. The van der Waals surface area contributed by atoms with Crippen LogP contribution in [-0.2, 0) is 9.53 Å². The van der Waals surface area contributed by atoms with Crippen LogP contribution >= 0.6 is 12.4 Å². The van der Waals surface area contributed by atoms with Gasteiger partial charge in [0.25, 0.3) is 0 Å². The first-order valence-corrected chi connectivity index (χ1v) is 3.36. The van der Waals surface area contributed by atoms with Gasteiger partial charge in [0.15, 0.2) is 0 Å². The van der Waals surface area contributed by atoms with E-state index in [1.807, 2.05) is 6.92 Å². The lowest BCUT2D eigenvalue weighted by Gasteiger charge is -2.27. The average molecular weight is 181 g/mol. The van der Waals surface area contributed by atoms with E-state index in [0.717, 1.165) is 0 Å². The van der Waals surface area contributed by atoms with Gasteiger partial charge in [0.05, 0.1) is 12.7 Å². The molecular formula is C6H13ClN2O2. The van der Waals surface area contributed by atoms with E-state index in [1.165, 1.54) is 0 Å². The summed E-state index contributed by atoms with van der Waals surface area (Å²) < 4.78 is 5.19. The summed E-state index contributed by atoms with van der Waals surface area (Å²) in [5.41, 5.74) is 5.08. The molecule has 1 fully saturated rings. The molecule has 1 amide bonds. The van der Waals surface area contributed by atoms with Gasteiger partial charge in [-0.1, -0.05) is 0 Å². The van der Waals surface area contributed by atoms with Crippen molar-refractivity contribution in [2.24, 2.45) is 5.73 Å². The minimum absolute atomic E-state index is 0. The number of carbonyl (C=O) groups excluding carboxylic acids is 1. The van der Waals surface area contributed by atoms with Crippen LogP contribution in [0, 0.1) is 0 Å². The van der Waals surface area contributed by atoms with Gasteiger partial charge >= 0.3 is 0 Å². The maximum absolute atomic E-state index is 10.6. The molecule has 0 bridgehead atoms. The fourth-order valence-electron chi connectivity index (χ4n) is 1.05. The molecule has 4 nitrogen and oxygen atoms in total. The Bertz CT molecular complexity index is 143. The van der Waals surface area contributed by atoms with Gasteiger partial charge in [-0.25, -0.2) is 0 Å². The predicted octanol–water partition coefficient (Wildman–Crippen LogP) is -0.730. The molecular weight excluding hydrogens is 168 g/mol. The molecule has 1 heterocycles. The molecule has 0 aromatic rings. The van der Waals surface area contributed by atoms with Crippen molar-refractivity contribution in [2.45, 2.75) is 19.1 Å². The number of hydrogen-bond donors (Lipinski definition) is 2. The van der Waals surface area contributed by atoms with Gasteiger partial charge in [-0.2, -0.15) is 0 Å². The fourth-order valence-corrected chi connectivity index (χ4v) is 1.05. The number of morpholine rings is 1. The van der Waals surface area contributed by atoms with Crippen LogP contribution in [0.1, 0.15) is 6.92 Å². The molecule has 1 aliphatic heterocycles. The molecule has 0 saturated carbocycles. The molecule has 2 atom stereocenters. The first-order valence-electron chi connectivity index (χ1n) is 3.36. The fraction of sp³-hybridized carbons (Fsp3) is 0.833. The summed E-state index contributed by atoms with van der Waals surface area (Å²) in [6, 6.07) is -0.311. The predicted molar refractivity (Wildman–Crippen MR) is 43.6 cm³/mol. The highest BCUT2D eigenvalue weighted by Gasteiger charge is 2.25.